The molecule has 0 radical (unpaired) electrons. The van der Waals surface area contributed by atoms with Gasteiger partial charge >= 0.3 is 6.18 Å². The highest BCUT2D eigenvalue weighted by Gasteiger charge is 2.31. The molecular formula is C22H26F3N3O2. The van der Waals surface area contributed by atoms with E-state index in [0.29, 0.717) is 45.0 Å². The fourth-order valence-corrected chi connectivity index (χ4v) is 3.36. The molecule has 30 heavy (non-hydrogen) atoms. The molecule has 0 saturated carbocycles. The number of ether oxygens (including phenoxy) is 1. The van der Waals surface area contributed by atoms with Crippen LogP contribution in [-0.2, 0) is 11.0 Å². The van der Waals surface area contributed by atoms with Crippen LogP contribution in [0.5, 0.6) is 5.75 Å². The molecule has 1 aliphatic rings. The standard InChI is InChI=1S/C22H26F3N3O2/c1-17-5-4-6-19(15-17)30-14-3-2-7-21(29)28-12-10-27(11-13-28)20-9-8-18(16-26-20)22(23,24)25/h4-6,8-9,15-16H,2-3,7,10-14H2,1H3. The van der Waals surface area contributed by atoms with Gasteiger partial charge in [0.25, 0.3) is 0 Å². The number of nitrogens with zero attached hydrogens (tertiary/aromatic N) is 3. The second-order valence-electron chi connectivity index (χ2n) is 7.39. The molecule has 1 aromatic carbocycles. The number of aromatic nitrogens is 1. The number of hydrogen-bond acceptors (Lipinski definition) is 4. The van der Waals surface area contributed by atoms with E-state index in [-0.39, 0.29) is 5.91 Å². The van der Waals surface area contributed by atoms with Crippen molar-refractivity contribution in [1.29, 1.82) is 0 Å². The van der Waals surface area contributed by atoms with Crippen molar-refractivity contribution in [2.75, 3.05) is 37.7 Å². The summed E-state index contributed by atoms with van der Waals surface area (Å²) in [6.45, 7) is 4.78. The summed E-state index contributed by atoms with van der Waals surface area (Å²) in [7, 11) is 0. The van der Waals surface area contributed by atoms with Crippen molar-refractivity contribution in [3.63, 3.8) is 0 Å². The molecule has 1 aliphatic heterocycles. The molecule has 162 valence electrons. The Morgan fingerprint density at radius 1 is 1.10 bits per heavy atom. The van der Waals surface area contributed by atoms with Gasteiger partial charge in [0, 0.05) is 38.8 Å². The lowest BCUT2D eigenvalue weighted by molar-refractivity contribution is -0.138. The summed E-state index contributed by atoms with van der Waals surface area (Å²) >= 11 is 0. The smallest absolute Gasteiger partial charge is 0.417 e. The second kappa shape index (κ2) is 9.82. The van der Waals surface area contributed by atoms with Gasteiger partial charge in [-0.3, -0.25) is 4.79 Å². The number of alkyl halides is 3. The van der Waals surface area contributed by atoms with E-state index in [9.17, 15) is 18.0 Å². The zero-order valence-corrected chi connectivity index (χ0v) is 17.0. The van der Waals surface area contributed by atoms with Crippen LogP contribution in [0.25, 0.3) is 0 Å². The predicted octanol–water partition coefficient (Wildman–Crippen LogP) is 4.31. The third-order valence-corrected chi connectivity index (χ3v) is 5.07. The minimum atomic E-state index is -4.39. The normalized spacial score (nSPS) is 14.7. The molecule has 2 aromatic rings. The van der Waals surface area contributed by atoms with Gasteiger partial charge in [0.1, 0.15) is 11.6 Å². The summed E-state index contributed by atoms with van der Waals surface area (Å²) < 4.78 is 43.6. The highest BCUT2D eigenvalue weighted by atomic mass is 19.4. The number of anilines is 1. The van der Waals surface area contributed by atoms with E-state index in [1.54, 1.807) is 0 Å². The minimum Gasteiger partial charge on any atom is -0.494 e. The van der Waals surface area contributed by atoms with Gasteiger partial charge < -0.3 is 14.5 Å². The van der Waals surface area contributed by atoms with Crippen LogP contribution < -0.4 is 9.64 Å². The van der Waals surface area contributed by atoms with Crippen LogP contribution in [0, 0.1) is 6.92 Å². The van der Waals surface area contributed by atoms with Crippen LogP contribution in [0.3, 0.4) is 0 Å². The second-order valence-corrected chi connectivity index (χ2v) is 7.39. The zero-order valence-electron chi connectivity index (χ0n) is 17.0. The molecule has 2 heterocycles. The summed E-state index contributed by atoms with van der Waals surface area (Å²) in [6.07, 6.45) is -1.51. The van der Waals surface area contributed by atoms with Crippen LogP contribution in [0.4, 0.5) is 19.0 Å². The van der Waals surface area contributed by atoms with Crippen molar-refractivity contribution in [2.24, 2.45) is 0 Å². The number of pyridine rings is 1. The lowest BCUT2D eigenvalue weighted by atomic mass is 10.2. The number of benzene rings is 1. The van der Waals surface area contributed by atoms with Crippen LogP contribution in [0.2, 0.25) is 0 Å². The first kappa shape index (κ1) is 21.9. The van der Waals surface area contributed by atoms with Crippen LogP contribution in [0.15, 0.2) is 42.6 Å². The highest BCUT2D eigenvalue weighted by Crippen LogP contribution is 2.29. The summed E-state index contributed by atoms with van der Waals surface area (Å²) in [5, 5.41) is 0. The number of unbranched alkanes of at least 4 members (excludes halogenated alkanes) is 1. The molecule has 0 aliphatic carbocycles. The Labute approximate surface area is 174 Å². The van der Waals surface area contributed by atoms with Crippen LogP contribution in [0.1, 0.15) is 30.4 Å². The lowest BCUT2D eigenvalue weighted by Crippen LogP contribution is -2.49. The van der Waals surface area contributed by atoms with Gasteiger partial charge in [-0.2, -0.15) is 13.2 Å². The Kier molecular flexibility index (Phi) is 7.18. The Morgan fingerprint density at radius 2 is 1.87 bits per heavy atom. The monoisotopic (exact) mass is 421 g/mol. The molecule has 0 N–H and O–H groups in total. The summed E-state index contributed by atoms with van der Waals surface area (Å²) in [5.74, 6) is 1.45. The molecule has 0 spiro atoms. The summed E-state index contributed by atoms with van der Waals surface area (Å²) in [4.78, 5) is 20.0. The van der Waals surface area contributed by atoms with E-state index in [2.05, 4.69) is 4.98 Å². The third-order valence-electron chi connectivity index (χ3n) is 5.07. The van der Waals surface area contributed by atoms with Crippen molar-refractivity contribution in [2.45, 2.75) is 32.4 Å². The van der Waals surface area contributed by atoms with Gasteiger partial charge in [0.05, 0.1) is 12.2 Å². The number of carbonyl (C=O) groups is 1. The topological polar surface area (TPSA) is 45.7 Å². The highest BCUT2D eigenvalue weighted by molar-refractivity contribution is 5.76. The first-order valence-electron chi connectivity index (χ1n) is 10.1. The van der Waals surface area contributed by atoms with E-state index in [1.165, 1.54) is 6.07 Å². The largest absolute Gasteiger partial charge is 0.494 e. The molecule has 0 bridgehead atoms. The van der Waals surface area contributed by atoms with Crippen molar-refractivity contribution in [1.82, 2.24) is 9.88 Å². The Balaban J connectivity index is 1.36. The van der Waals surface area contributed by atoms with Gasteiger partial charge in [0.2, 0.25) is 5.91 Å². The Morgan fingerprint density at radius 3 is 2.50 bits per heavy atom. The zero-order chi connectivity index (χ0) is 21.6. The minimum absolute atomic E-state index is 0.102. The fourth-order valence-electron chi connectivity index (χ4n) is 3.36. The molecule has 1 amide bonds. The Hall–Kier alpha value is -2.77. The van der Waals surface area contributed by atoms with E-state index in [0.717, 1.165) is 36.4 Å². The molecule has 0 atom stereocenters. The number of rotatable bonds is 7. The van der Waals surface area contributed by atoms with Crippen molar-refractivity contribution in [3.05, 3.63) is 53.7 Å². The van der Waals surface area contributed by atoms with Crippen LogP contribution >= 0.6 is 0 Å². The molecular weight excluding hydrogens is 395 g/mol. The van der Waals surface area contributed by atoms with Crippen LogP contribution in [-0.4, -0.2) is 48.6 Å². The summed E-state index contributed by atoms with van der Waals surface area (Å²) in [5.41, 5.74) is 0.389. The van der Waals surface area contributed by atoms with E-state index in [4.69, 9.17) is 4.74 Å². The maximum atomic E-state index is 12.6. The fraction of sp³-hybridized carbons (Fsp3) is 0.455. The van der Waals surface area contributed by atoms with E-state index >= 15 is 0 Å². The number of carbonyl (C=O) groups excluding carboxylic acids is 1. The third kappa shape index (κ3) is 6.11. The average Bonchev–Trinajstić information content (AvgIpc) is 2.73. The molecule has 1 aromatic heterocycles. The van der Waals surface area contributed by atoms with Gasteiger partial charge in [-0.25, -0.2) is 4.98 Å². The number of aryl methyl sites for hydroxylation is 1. The molecule has 3 rings (SSSR count). The maximum absolute atomic E-state index is 12.6. The van der Waals surface area contributed by atoms with E-state index in [1.807, 2.05) is 41.0 Å². The van der Waals surface area contributed by atoms with Crippen molar-refractivity contribution in [3.8, 4) is 5.75 Å². The number of amides is 1. The SMILES string of the molecule is Cc1cccc(OCCCCC(=O)N2CCN(c3ccc(C(F)(F)F)cn3)CC2)c1. The van der Waals surface area contributed by atoms with Gasteiger partial charge in [-0.15, -0.1) is 0 Å². The molecule has 1 saturated heterocycles. The van der Waals surface area contributed by atoms with Crippen molar-refractivity contribution >= 4 is 11.7 Å². The molecule has 1 fully saturated rings. The molecule has 5 nitrogen and oxygen atoms in total. The van der Waals surface area contributed by atoms with E-state index < -0.39 is 11.7 Å². The number of hydrogen-bond donors (Lipinski definition) is 0. The quantitative estimate of drug-likeness (QED) is 0.625. The average molecular weight is 421 g/mol. The predicted molar refractivity (Wildman–Crippen MR) is 109 cm³/mol. The molecule has 0 unspecified atom stereocenters. The first-order valence-corrected chi connectivity index (χ1v) is 10.1. The van der Waals surface area contributed by atoms with Gasteiger partial charge in [0.15, 0.2) is 0 Å². The Bertz CT molecular complexity index is 832. The maximum Gasteiger partial charge on any atom is 0.417 e. The first-order chi connectivity index (χ1) is 14.3. The number of piperazine rings is 1. The van der Waals surface area contributed by atoms with Crippen molar-refractivity contribution < 1.29 is 22.7 Å². The lowest BCUT2D eigenvalue weighted by Gasteiger charge is -2.35. The van der Waals surface area contributed by atoms with Gasteiger partial charge in [-0.05, 0) is 49.6 Å². The molecule has 8 heteroatoms. The summed E-state index contributed by atoms with van der Waals surface area (Å²) in [6, 6.07) is 10.3. The number of halogens is 3. The van der Waals surface area contributed by atoms with Gasteiger partial charge in [-0.1, -0.05) is 12.1 Å².